The minimum Gasteiger partial charge on any atom is -0.494 e. The molecule has 124 valence electrons. The number of aromatic nitrogens is 2. The number of hydrogen-bond acceptors (Lipinski definition) is 4. The van der Waals surface area contributed by atoms with E-state index in [0.29, 0.717) is 6.61 Å². The minimum atomic E-state index is -0.112. The number of azo groups is 1. The first-order chi connectivity index (χ1) is 11.5. The maximum absolute atomic E-state index is 5.45. The van der Waals surface area contributed by atoms with Crippen LogP contribution in [0.2, 0.25) is 0 Å². The first-order valence-electron chi connectivity index (χ1n) is 8.11. The maximum atomic E-state index is 5.45. The third-order valence-corrected chi connectivity index (χ3v) is 3.62. The molecule has 0 fully saturated rings. The second kappa shape index (κ2) is 6.43. The number of fused-ring (bicyclic) bond motifs is 1. The molecule has 0 aliphatic carbocycles. The number of benzene rings is 1. The van der Waals surface area contributed by atoms with Gasteiger partial charge in [-0.15, -0.1) is 10.2 Å². The Kier molecular flexibility index (Phi) is 4.34. The van der Waals surface area contributed by atoms with E-state index in [1.54, 1.807) is 0 Å². The summed E-state index contributed by atoms with van der Waals surface area (Å²) in [5, 5.41) is 8.87. The molecule has 0 unspecified atom stereocenters. The SMILES string of the molecule is CCOc1ccc(N=Nc2c(C(C)(C)C)nc3ccccn23)cc1. The molecule has 0 aliphatic rings. The molecule has 0 radical (unpaired) electrons. The van der Waals surface area contributed by atoms with Crippen LogP contribution >= 0.6 is 0 Å². The number of ether oxygens (including phenoxy) is 1. The molecule has 0 bridgehead atoms. The summed E-state index contributed by atoms with van der Waals surface area (Å²) in [6.07, 6.45) is 1.96. The third kappa shape index (κ3) is 3.30. The van der Waals surface area contributed by atoms with Gasteiger partial charge in [-0.3, -0.25) is 4.40 Å². The largest absolute Gasteiger partial charge is 0.494 e. The summed E-state index contributed by atoms with van der Waals surface area (Å²) in [4.78, 5) is 4.72. The van der Waals surface area contributed by atoms with Gasteiger partial charge in [0.05, 0.1) is 18.0 Å². The Morgan fingerprint density at radius 3 is 2.46 bits per heavy atom. The fraction of sp³-hybridized carbons (Fsp3) is 0.316. The van der Waals surface area contributed by atoms with Crippen LogP contribution in [0.25, 0.3) is 5.65 Å². The summed E-state index contributed by atoms with van der Waals surface area (Å²) in [6, 6.07) is 13.5. The Labute approximate surface area is 142 Å². The smallest absolute Gasteiger partial charge is 0.183 e. The lowest BCUT2D eigenvalue weighted by atomic mass is 9.92. The molecule has 0 saturated carbocycles. The highest BCUT2D eigenvalue weighted by Gasteiger charge is 2.23. The lowest BCUT2D eigenvalue weighted by Crippen LogP contribution is -2.11. The summed E-state index contributed by atoms with van der Waals surface area (Å²) in [5.74, 6) is 1.61. The first-order valence-corrected chi connectivity index (χ1v) is 8.11. The van der Waals surface area contributed by atoms with Gasteiger partial charge in [-0.1, -0.05) is 26.8 Å². The highest BCUT2D eigenvalue weighted by Crippen LogP contribution is 2.33. The van der Waals surface area contributed by atoms with Crippen LogP contribution in [-0.2, 0) is 5.41 Å². The van der Waals surface area contributed by atoms with Gasteiger partial charge in [0.1, 0.15) is 11.4 Å². The summed E-state index contributed by atoms with van der Waals surface area (Å²) >= 11 is 0. The van der Waals surface area contributed by atoms with Gasteiger partial charge in [0, 0.05) is 11.6 Å². The Bertz CT molecular complexity index is 857. The normalized spacial score (nSPS) is 12.2. The molecule has 5 heteroatoms. The van der Waals surface area contributed by atoms with Crippen LogP contribution in [0.5, 0.6) is 5.75 Å². The van der Waals surface area contributed by atoms with Gasteiger partial charge in [0.2, 0.25) is 0 Å². The second-order valence-electron chi connectivity index (χ2n) is 6.59. The molecule has 3 aromatic rings. The predicted octanol–water partition coefficient (Wildman–Crippen LogP) is 5.45. The van der Waals surface area contributed by atoms with E-state index >= 15 is 0 Å². The van der Waals surface area contributed by atoms with Crippen LogP contribution in [0.15, 0.2) is 58.9 Å². The average Bonchev–Trinajstić information content (AvgIpc) is 2.94. The standard InChI is InChI=1S/C19H22N4O/c1-5-24-15-11-9-14(10-12-15)21-22-18-17(19(2,3)4)20-16-8-6-7-13-23(16)18/h6-13H,5H2,1-4H3. The van der Waals surface area contributed by atoms with E-state index in [2.05, 4.69) is 31.0 Å². The Hall–Kier alpha value is -2.69. The molecule has 1 aromatic carbocycles. The number of hydrogen-bond donors (Lipinski definition) is 0. The number of pyridine rings is 1. The first kappa shape index (κ1) is 16.2. The molecule has 0 saturated heterocycles. The molecule has 5 nitrogen and oxygen atoms in total. The van der Waals surface area contributed by atoms with Crippen LogP contribution in [0.3, 0.4) is 0 Å². The summed E-state index contributed by atoms with van der Waals surface area (Å²) < 4.78 is 7.42. The van der Waals surface area contributed by atoms with Crippen molar-refractivity contribution in [2.24, 2.45) is 10.2 Å². The van der Waals surface area contributed by atoms with Crippen molar-refractivity contribution in [3.63, 3.8) is 0 Å². The van der Waals surface area contributed by atoms with Gasteiger partial charge in [-0.25, -0.2) is 4.98 Å². The lowest BCUT2D eigenvalue weighted by Gasteiger charge is -2.15. The Balaban J connectivity index is 1.99. The van der Waals surface area contributed by atoms with Crippen molar-refractivity contribution >= 4 is 17.2 Å². The topological polar surface area (TPSA) is 51.2 Å². The van der Waals surface area contributed by atoms with Crippen LogP contribution in [0.4, 0.5) is 11.5 Å². The average molecular weight is 322 g/mol. The van der Waals surface area contributed by atoms with Gasteiger partial charge in [0.25, 0.3) is 0 Å². The van der Waals surface area contributed by atoms with E-state index in [9.17, 15) is 0 Å². The van der Waals surface area contributed by atoms with Gasteiger partial charge >= 0.3 is 0 Å². The Morgan fingerprint density at radius 2 is 1.79 bits per heavy atom. The zero-order valence-electron chi connectivity index (χ0n) is 14.5. The van der Waals surface area contributed by atoms with Gasteiger partial charge < -0.3 is 4.74 Å². The molecule has 0 atom stereocenters. The van der Waals surface area contributed by atoms with Crippen molar-refractivity contribution in [3.05, 3.63) is 54.4 Å². The Morgan fingerprint density at radius 1 is 1.04 bits per heavy atom. The van der Waals surface area contributed by atoms with Crippen molar-refractivity contribution < 1.29 is 4.74 Å². The van der Waals surface area contributed by atoms with Gasteiger partial charge in [-0.05, 0) is 43.3 Å². The quantitative estimate of drug-likeness (QED) is 0.600. The zero-order chi connectivity index (χ0) is 17.2. The number of imidazole rings is 1. The summed E-state index contributed by atoms with van der Waals surface area (Å²) in [6.45, 7) is 9.00. The van der Waals surface area contributed by atoms with Crippen LogP contribution in [0, 0.1) is 0 Å². The van der Waals surface area contributed by atoms with E-state index in [0.717, 1.165) is 28.6 Å². The van der Waals surface area contributed by atoms with Crippen molar-refractivity contribution in [2.45, 2.75) is 33.1 Å². The van der Waals surface area contributed by atoms with E-state index in [1.165, 1.54) is 0 Å². The van der Waals surface area contributed by atoms with Crippen molar-refractivity contribution in [2.75, 3.05) is 6.61 Å². The fourth-order valence-corrected chi connectivity index (χ4v) is 2.46. The molecule has 0 amide bonds. The lowest BCUT2D eigenvalue weighted by molar-refractivity contribution is 0.340. The van der Waals surface area contributed by atoms with Gasteiger partial charge in [0.15, 0.2) is 5.82 Å². The monoisotopic (exact) mass is 322 g/mol. The highest BCUT2D eigenvalue weighted by atomic mass is 16.5. The number of rotatable bonds is 4. The van der Waals surface area contributed by atoms with E-state index in [1.807, 2.05) is 60.0 Å². The van der Waals surface area contributed by atoms with Crippen LogP contribution < -0.4 is 4.74 Å². The van der Waals surface area contributed by atoms with E-state index in [-0.39, 0.29) is 5.41 Å². The molecule has 0 N–H and O–H groups in total. The second-order valence-corrected chi connectivity index (χ2v) is 6.59. The number of nitrogens with zero attached hydrogens (tertiary/aromatic N) is 4. The van der Waals surface area contributed by atoms with E-state index < -0.39 is 0 Å². The highest BCUT2D eigenvalue weighted by molar-refractivity contribution is 5.54. The zero-order valence-corrected chi connectivity index (χ0v) is 14.5. The molecule has 2 heterocycles. The summed E-state index contributed by atoms with van der Waals surface area (Å²) in [5.41, 5.74) is 2.48. The summed E-state index contributed by atoms with van der Waals surface area (Å²) in [7, 11) is 0. The molecule has 0 aliphatic heterocycles. The molecule has 0 spiro atoms. The van der Waals surface area contributed by atoms with Crippen molar-refractivity contribution in [1.82, 2.24) is 9.38 Å². The molecule has 3 rings (SSSR count). The van der Waals surface area contributed by atoms with E-state index in [4.69, 9.17) is 9.72 Å². The maximum Gasteiger partial charge on any atom is 0.183 e. The fourth-order valence-electron chi connectivity index (χ4n) is 2.46. The molecular weight excluding hydrogens is 300 g/mol. The van der Waals surface area contributed by atoms with Gasteiger partial charge in [-0.2, -0.15) is 0 Å². The van der Waals surface area contributed by atoms with Crippen LogP contribution in [-0.4, -0.2) is 16.0 Å². The third-order valence-electron chi connectivity index (χ3n) is 3.62. The molecule has 24 heavy (non-hydrogen) atoms. The molecule has 2 aromatic heterocycles. The minimum absolute atomic E-state index is 0.112. The van der Waals surface area contributed by atoms with Crippen molar-refractivity contribution in [1.29, 1.82) is 0 Å². The van der Waals surface area contributed by atoms with Crippen molar-refractivity contribution in [3.8, 4) is 5.75 Å². The van der Waals surface area contributed by atoms with Crippen LogP contribution in [0.1, 0.15) is 33.4 Å². The molecular formula is C19H22N4O. The predicted molar refractivity (Wildman–Crippen MR) is 95.7 cm³/mol.